The van der Waals surface area contributed by atoms with Crippen LogP contribution in [0.1, 0.15) is 25.7 Å². The molecule has 0 bridgehead atoms. The van der Waals surface area contributed by atoms with Gasteiger partial charge >= 0.3 is 5.97 Å². The van der Waals surface area contributed by atoms with Gasteiger partial charge in [0.15, 0.2) is 5.96 Å². The van der Waals surface area contributed by atoms with Crippen LogP contribution >= 0.6 is 11.3 Å². The third-order valence-electron chi connectivity index (χ3n) is 4.29. The molecule has 1 aliphatic heterocycles. The molecule has 0 saturated carbocycles. The maximum atomic E-state index is 12.7. The molecule has 2 atom stereocenters. The van der Waals surface area contributed by atoms with E-state index in [0.717, 1.165) is 16.0 Å². The number of aryl methyl sites for hydroxylation is 2. The lowest BCUT2D eigenvalue weighted by molar-refractivity contribution is -0.136. The maximum Gasteiger partial charge on any atom is 0.331 e. The van der Waals surface area contributed by atoms with Crippen LogP contribution in [-0.4, -0.2) is 41.2 Å². The lowest BCUT2D eigenvalue weighted by Gasteiger charge is -2.13. The fourth-order valence-electron chi connectivity index (χ4n) is 2.94. The molecule has 2 aromatic rings. The topological polar surface area (TPSA) is 149 Å². The van der Waals surface area contributed by atoms with Crippen molar-refractivity contribution in [3.63, 3.8) is 0 Å². The number of nitrogens with two attached hydrogens (primary N) is 2. The van der Waals surface area contributed by atoms with Gasteiger partial charge < -0.3 is 21.5 Å². The van der Waals surface area contributed by atoms with Crippen molar-refractivity contribution in [2.45, 2.75) is 24.8 Å². The first kappa shape index (κ1) is 22.7. The van der Waals surface area contributed by atoms with E-state index < -0.39 is 23.0 Å². The normalized spacial score (nSPS) is 18.2. The summed E-state index contributed by atoms with van der Waals surface area (Å²) in [6.45, 7) is 3.95. The molecule has 164 valence electrons. The molecule has 1 unspecified atom stereocenters. The van der Waals surface area contributed by atoms with Gasteiger partial charge in [-0.15, -0.1) is 11.3 Å². The largest absolute Gasteiger partial charge is 0.424 e. The minimum Gasteiger partial charge on any atom is -0.424 e. The Balaban J connectivity index is 1.62. The summed E-state index contributed by atoms with van der Waals surface area (Å²) in [5, 5.41) is 2.69. The molecule has 0 fully saturated rings. The number of rotatable bonds is 6. The summed E-state index contributed by atoms with van der Waals surface area (Å²) in [5.74, 6) is -0.664. The number of guanidine groups is 1. The molecule has 0 aliphatic carbocycles. The number of hydrogen-bond donors (Lipinski definition) is 4. The molecule has 11 heteroatoms. The molecule has 3 rings (SSSR count). The zero-order valence-electron chi connectivity index (χ0n) is 17.0. The Morgan fingerprint density at radius 2 is 2.13 bits per heavy atom. The number of nitrogens with one attached hydrogen (secondary N) is 2. The van der Waals surface area contributed by atoms with E-state index in [1.54, 1.807) is 24.3 Å². The smallest absolute Gasteiger partial charge is 0.331 e. The predicted molar refractivity (Wildman–Crippen MR) is 121 cm³/mol. The van der Waals surface area contributed by atoms with Crippen LogP contribution in [-0.2, 0) is 15.8 Å². The number of carbonyl (C=O) groups excluding carboxylic acids is 2. The van der Waals surface area contributed by atoms with Crippen molar-refractivity contribution in [1.82, 2.24) is 10.0 Å². The lowest BCUT2D eigenvalue weighted by Crippen LogP contribution is -2.47. The highest BCUT2D eigenvalue weighted by atomic mass is 32.2. The number of thiophene rings is 1. The molecule has 9 nitrogen and oxygen atoms in total. The first-order chi connectivity index (χ1) is 14.7. The number of amides is 1. The number of esters is 1. The summed E-state index contributed by atoms with van der Waals surface area (Å²) in [7, 11) is -1.65. The second-order valence-electron chi connectivity index (χ2n) is 6.85. The first-order valence-electron chi connectivity index (χ1n) is 9.35. The lowest BCUT2D eigenvalue weighted by atomic mass is 10.1. The van der Waals surface area contributed by atoms with Gasteiger partial charge in [-0.2, -0.15) is 0 Å². The van der Waals surface area contributed by atoms with Crippen molar-refractivity contribution in [1.29, 1.82) is 0 Å². The van der Waals surface area contributed by atoms with Crippen LogP contribution in [0, 0.1) is 13.8 Å². The molecule has 0 radical (unpaired) electrons. The SMILES string of the molecule is Cc1cc(C)c2c(c1)OC(=O)[C@H](CNC(=O)c1ccc(/C=C\CN=C(N)N)s1)NS2=O. The molecule has 1 aliphatic rings. The minimum atomic E-state index is -1.65. The Morgan fingerprint density at radius 1 is 1.35 bits per heavy atom. The first-order valence-corrected chi connectivity index (χ1v) is 11.3. The third kappa shape index (κ3) is 5.78. The Kier molecular flexibility index (Phi) is 7.21. The highest BCUT2D eigenvalue weighted by Gasteiger charge is 2.31. The van der Waals surface area contributed by atoms with Crippen molar-refractivity contribution >= 4 is 46.2 Å². The number of ether oxygens (including phenoxy) is 1. The number of carbonyl (C=O) groups is 2. The van der Waals surface area contributed by atoms with Crippen molar-refractivity contribution in [2.24, 2.45) is 16.5 Å². The zero-order chi connectivity index (χ0) is 22.5. The molecule has 31 heavy (non-hydrogen) atoms. The number of fused-ring (bicyclic) bond motifs is 1. The number of aliphatic imine (C=N–C) groups is 1. The molecular weight excluding hydrogens is 438 g/mol. The number of hydrogen-bond acceptors (Lipinski definition) is 6. The average Bonchev–Trinajstić information content (AvgIpc) is 3.12. The summed E-state index contributed by atoms with van der Waals surface area (Å²) < 4.78 is 20.9. The molecule has 1 aromatic carbocycles. The fourth-order valence-corrected chi connectivity index (χ4v) is 4.99. The Hall–Kier alpha value is -3.02. The van der Waals surface area contributed by atoms with Crippen molar-refractivity contribution < 1.29 is 18.5 Å². The van der Waals surface area contributed by atoms with Gasteiger partial charge in [-0.25, -0.2) is 18.7 Å². The summed E-state index contributed by atoms with van der Waals surface area (Å²) in [6, 6.07) is 6.07. The second kappa shape index (κ2) is 9.86. The Morgan fingerprint density at radius 3 is 2.87 bits per heavy atom. The van der Waals surface area contributed by atoms with E-state index in [9.17, 15) is 13.8 Å². The van der Waals surface area contributed by atoms with Crippen molar-refractivity contribution in [2.75, 3.05) is 13.1 Å². The summed E-state index contributed by atoms with van der Waals surface area (Å²) >= 11 is 1.28. The van der Waals surface area contributed by atoms with Gasteiger partial charge in [-0.05, 0) is 49.2 Å². The minimum absolute atomic E-state index is 0.0101. The summed E-state index contributed by atoms with van der Waals surface area (Å²) in [6.07, 6.45) is 3.58. The van der Waals surface area contributed by atoms with Crippen LogP contribution < -0.4 is 26.2 Å². The quantitative estimate of drug-likeness (QED) is 0.218. The molecule has 2 heterocycles. The van der Waals surface area contributed by atoms with Crippen LogP contribution in [0.4, 0.5) is 0 Å². The van der Waals surface area contributed by atoms with Gasteiger partial charge in [0, 0.05) is 11.4 Å². The molecule has 1 amide bonds. The Labute approximate surface area is 186 Å². The summed E-state index contributed by atoms with van der Waals surface area (Å²) in [4.78, 5) is 30.6. The predicted octanol–water partition coefficient (Wildman–Crippen LogP) is 0.981. The Bertz CT molecular complexity index is 1090. The standard InChI is InChI=1S/C20H23N5O4S2/c1-11-8-12(2)17-15(9-11)29-19(27)14(25-31(17)28)10-24-18(26)16-6-5-13(30-16)4-3-7-23-20(21)22/h3-6,8-9,14,25H,7,10H2,1-2H3,(H,24,26)(H4,21,22,23)/b4-3-/t14-,31?/m0/s1. The van der Waals surface area contributed by atoms with Crippen LogP contribution in [0.5, 0.6) is 5.75 Å². The zero-order valence-corrected chi connectivity index (χ0v) is 18.6. The van der Waals surface area contributed by atoms with E-state index in [-0.39, 0.29) is 24.2 Å². The van der Waals surface area contributed by atoms with E-state index in [1.807, 2.05) is 26.0 Å². The second-order valence-corrected chi connectivity index (χ2v) is 9.15. The van der Waals surface area contributed by atoms with Crippen molar-refractivity contribution in [3.05, 3.63) is 51.2 Å². The van der Waals surface area contributed by atoms with Crippen LogP contribution in [0.3, 0.4) is 0 Å². The van der Waals surface area contributed by atoms with Crippen molar-refractivity contribution in [3.8, 4) is 5.75 Å². The molecule has 0 saturated heterocycles. The van der Waals surface area contributed by atoms with Gasteiger partial charge in [0.1, 0.15) is 22.8 Å². The maximum absolute atomic E-state index is 12.7. The summed E-state index contributed by atoms with van der Waals surface area (Å²) in [5.41, 5.74) is 12.2. The van der Waals surface area contributed by atoms with E-state index >= 15 is 0 Å². The van der Waals surface area contributed by atoms with Gasteiger partial charge in [0.2, 0.25) is 0 Å². The third-order valence-corrected chi connectivity index (χ3v) is 6.74. The van der Waals surface area contributed by atoms with E-state index in [1.165, 1.54) is 11.3 Å². The molecular formula is C20H23N5O4S2. The van der Waals surface area contributed by atoms with E-state index in [4.69, 9.17) is 16.2 Å². The van der Waals surface area contributed by atoms with Gasteiger partial charge in [0.25, 0.3) is 5.91 Å². The van der Waals surface area contributed by atoms with Gasteiger partial charge in [0.05, 0.1) is 16.3 Å². The highest BCUT2D eigenvalue weighted by Crippen LogP contribution is 2.29. The van der Waals surface area contributed by atoms with Crippen LogP contribution in [0.25, 0.3) is 6.08 Å². The highest BCUT2D eigenvalue weighted by molar-refractivity contribution is 7.83. The molecule has 6 N–H and O–H groups in total. The van der Waals surface area contributed by atoms with Gasteiger partial charge in [-0.3, -0.25) is 4.79 Å². The number of benzene rings is 1. The average molecular weight is 462 g/mol. The van der Waals surface area contributed by atoms with Crippen LogP contribution in [0.2, 0.25) is 0 Å². The van der Waals surface area contributed by atoms with E-state index in [0.29, 0.717) is 16.3 Å². The van der Waals surface area contributed by atoms with Gasteiger partial charge in [-0.1, -0.05) is 12.1 Å². The fraction of sp³-hybridized carbons (Fsp3) is 0.250. The van der Waals surface area contributed by atoms with Crippen LogP contribution in [0.15, 0.2) is 40.2 Å². The monoisotopic (exact) mass is 461 g/mol. The molecule has 1 aromatic heterocycles. The number of nitrogens with zero attached hydrogens (tertiary/aromatic N) is 1. The van der Waals surface area contributed by atoms with E-state index in [2.05, 4.69) is 15.0 Å². The molecule has 0 spiro atoms.